The van der Waals surface area contributed by atoms with E-state index in [2.05, 4.69) is 232 Å². The lowest BCUT2D eigenvalue weighted by Gasteiger charge is -2.33. The molecule has 0 bridgehead atoms. The Kier molecular flexibility index (Phi) is 7.62. The van der Waals surface area contributed by atoms with E-state index in [1.165, 1.54) is 44.5 Å². The Morgan fingerprint density at radius 1 is 0.344 bits per heavy atom. The highest BCUT2D eigenvalue weighted by Gasteiger charge is 2.38. The number of hydrogen-bond acceptors (Lipinski definition) is 3. The molecule has 0 radical (unpaired) electrons. The van der Waals surface area contributed by atoms with Crippen LogP contribution in [0, 0.1) is 0 Å². The van der Waals surface area contributed by atoms with Gasteiger partial charge in [-0.1, -0.05) is 149 Å². The smallest absolute Gasteiger partial charge is 0.137 e. The first-order chi connectivity index (χ1) is 29.8. The summed E-state index contributed by atoms with van der Waals surface area (Å²) >= 11 is 0. The van der Waals surface area contributed by atoms with Crippen LogP contribution in [0.2, 0.25) is 0 Å². The molecule has 9 aromatic rings. The minimum atomic E-state index is -0.146. The van der Waals surface area contributed by atoms with Crippen LogP contribution in [0.1, 0.15) is 49.9 Å². The van der Waals surface area contributed by atoms with E-state index in [-0.39, 0.29) is 10.8 Å². The molecule has 0 saturated heterocycles. The summed E-state index contributed by atoms with van der Waals surface area (Å²) in [6.45, 7) is 9.46. The van der Waals surface area contributed by atoms with Gasteiger partial charge in [0.15, 0.2) is 0 Å². The lowest BCUT2D eigenvalue weighted by atomic mass is 9.82. The summed E-state index contributed by atoms with van der Waals surface area (Å²) in [6.07, 6.45) is 0. The van der Waals surface area contributed by atoms with E-state index in [0.29, 0.717) is 0 Å². The summed E-state index contributed by atoms with van der Waals surface area (Å²) in [5.74, 6) is 1.71. The molecular formula is C58H44N2O. The van der Waals surface area contributed by atoms with Crippen molar-refractivity contribution in [2.45, 2.75) is 38.5 Å². The largest absolute Gasteiger partial charge is 0.456 e. The molecule has 0 amide bonds. The molecule has 0 atom stereocenters. The van der Waals surface area contributed by atoms with Gasteiger partial charge in [0.2, 0.25) is 0 Å². The molecule has 61 heavy (non-hydrogen) atoms. The number of ether oxygens (including phenoxy) is 1. The van der Waals surface area contributed by atoms with Gasteiger partial charge in [0, 0.05) is 49.9 Å². The fourth-order valence-electron chi connectivity index (χ4n) is 10.7. The Labute approximate surface area is 357 Å². The first-order valence-corrected chi connectivity index (χ1v) is 21.4. The van der Waals surface area contributed by atoms with Gasteiger partial charge in [-0.25, -0.2) is 0 Å². The summed E-state index contributed by atoms with van der Waals surface area (Å²) in [6, 6.07) is 70.9. The highest BCUT2D eigenvalue weighted by molar-refractivity contribution is 6.13. The van der Waals surface area contributed by atoms with E-state index in [1.54, 1.807) is 0 Å². The normalized spacial score (nSPS) is 14.3. The quantitative estimate of drug-likeness (QED) is 0.167. The molecule has 292 valence electrons. The van der Waals surface area contributed by atoms with Gasteiger partial charge in [-0.15, -0.1) is 0 Å². The van der Waals surface area contributed by atoms with Gasteiger partial charge in [0.25, 0.3) is 0 Å². The summed E-state index contributed by atoms with van der Waals surface area (Å²) in [5.41, 5.74) is 19.2. The molecule has 0 spiro atoms. The monoisotopic (exact) mass is 784 g/mol. The van der Waals surface area contributed by atoms with Crippen LogP contribution in [0.5, 0.6) is 11.5 Å². The van der Waals surface area contributed by atoms with Crippen LogP contribution in [-0.2, 0) is 10.8 Å². The van der Waals surface area contributed by atoms with Gasteiger partial charge in [-0.05, 0) is 123 Å². The van der Waals surface area contributed by atoms with Gasteiger partial charge < -0.3 is 14.5 Å². The Morgan fingerprint density at radius 2 is 0.836 bits per heavy atom. The molecule has 2 aliphatic carbocycles. The maximum Gasteiger partial charge on any atom is 0.137 e. The fraction of sp³-hybridized carbons (Fsp3) is 0.103. The topological polar surface area (TPSA) is 15.7 Å². The van der Waals surface area contributed by atoms with Crippen LogP contribution in [-0.4, -0.2) is 0 Å². The van der Waals surface area contributed by atoms with Crippen molar-refractivity contribution in [1.29, 1.82) is 0 Å². The van der Waals surface area contributed by atoms with Gasteiger partial charge in [-0.3, -0.25) is 0 Å². The van der Waals surface area contributed by atoms with Crippen molar-refractivity contribution in [2.75, 3.05) is 9.80 Å². The standard InChI is InChI=1S/C58H44N2O/c1-57(2)47-25-13-11-21-41(47)43-31-29-39(35-49(43)57)60(40-30-32-44-42-22-12-14-26-48(42)58(3,4)50(44)36-40)51-33-34-54-55-45(51)23-15-24-46(55)56-52(27-16-28-53(56)61-54)59(37-17-7-5-8-18-37)38-19-9-6-10-20-38/h5-36H,1-4H3. The summed E-state index contributed by atoms with van der Waals surface area (Å²) in [7, 11) is 0. The highest BCUT2D eigenvalue weighted by Crippen LogP contribution is 2.57. The Morgan fingerprint density at radius 3 is 1.43 bits per heavy atom. The number of nitrogens with zero attached hydrogens (tertiary/aromatic N) is 2. The predicted molar refractivity (Wildman–Crippen MR) is 254 cm³/mol. The molecule has 0 aromatic heterocycles. The maximum atomic E-state index is 6.96. The number of para-hydroxylation sites is 2. The van der Waals surface area contributed by atoms with Gasteiger partial charge in [-0.2, -0.15) is 0 Å². The minimum absolute atomic E-state index is 0.146. The Balaban J connectivity index is 1.09. The second kappa shape index (κ2) is 13.1. The molecule has 0 N–H and O–H groups in total. The molecule has 1 aliphatic heterocycles. The van der Waals surface area contributed by atoms with Crippen LogP contribution >= 0.6 is 0 Å². The zero-order valence-corrected chi connectivity index (χ0v) is 34.8. The molecule has 12 rings (SSSR count). The zero-order valence-electron chi connectivity index (χ0n) is 34.8. The molecule has 3 nitrogen and oxygen atoms in total. The third kappa shape index (κ3) is 5.17. The molecule has 0 saturated carbocycles. The molecule has 0 fully saturated rings. The molecule has 3 aliphatic rings. The van der Waals surface area contributed by atoms with Gasteiger partial charge in [0.05, 0.1) is 11.4 Å². The first kappa shape index (κ1) is 35.6. The van der Waals surface area contributed by atoms with E-state index in [1.807, 2.05) is 0 Å². The van der Waals surface area contributed by atoms with Crippen LogP contribution in [0.15, 0.2) is 194 Å². The first-order valence-electron chi connectivity index (χ1n) is 21.4. The van der Waals surface area contributed by atoms with Crippen molar-refractivity contribution >= 4 is 44.9 Å². The van der Waals surface area contributed by atoms with Gasteiger partial charge in [0.1, 0.15) is 11.5 Å². The van der Waals surface area contributed by atoms with Crippen LogP contribution < -0.4 is 14.5 Å². The molecule has 0 unspecified atom stereocenters. The number of anilines is 6. The minimum Gasteiger partial charge on any atom is -0.456 e. The van der Waals surface area contributed by atoms with Crippen molar-refractivity contribution in [3.05, 3.63) is 216 Å². The fourth-order valence-corrected chi connectivity index (χ4v) is 10.7. The van der Waals surface area contributed by atoms with Crippen molar-refractivity contribution in [1.82, 2.24) is 0 Å². The number of hydrogen-bond donors (Lipinski definition) is 0. The van der Waals surface area contributed by atoms with Crippen LogP contribution in [0.25, 0.3) is 44.2 Å². The number of benzene rings is 9. The average molecular weight is 785 g/mol. The molecular weight excluding hydrogens is 741 g/mol. The summed E-state index contributed by atoms with van der Waals surface area (Å²) < 4.78 is 6.96. The third-order valence-electron chi connectivity index (χ3n) is 13.6. The number of fused-ring (bicyclic) bond motifs is 8. The van der Waals surface area contributed by atoms with E-state index in [0.717, 1.165) is 67.5 Å². The zero-order chi connectivity index (χ0) is 41.0. The SMILES string of the molecule is CC1(C)c2ccccc2-c2ccc(N(c3ccc4c(c3)C(C)(C)c3ccccc3-4)c3ccc4c5c(cccc35)-c3c(cccc3N(c3ccccc3)c3ccccc3)O4)cc21. The second-order valence-electron chi connectivity index (χ2n) is 17.7. The van der Waals surface area contributed by atoms with E-state index in [4.69, 9.17) is 4.74 Å². The van der Waals surface area contributed by atoms with Crippen molar-refractivity contribution in [2.24, 2.45) is 0 Å². The van der Waals surface area contributed by atoms with Crippen LogP contribution in [0.4, 0.5) is 34.1 Å². The highest BCUT2D eigenvalue weighted by atomic mass is 16.5. The van der Waals surface area contributed by atoms with Gasteiger partial charge >= 0.3 is 0 Å². The summed E-state index contributed by atoms with van der Waals surface area (Å²) in [4.78, 5) is 4.83. The Hall–Kier alpha value is -7.36. The maximum absolute atomic E-state index is 6.96. The number of rotatable bonds is 6. The third-order valence-corrected chi connectivity index (χ3v) is 13.6. The molecule has 1 heterocycles. The molecule has 3 heteroatoms. The summed E-state index contributed by atoms with van der Waals surface area (Å²) in [5, 5.41) is 2.24. The predicted octanol–water partition coefficient (Wildman–Crippen LogP) is 16.2. The Bertz CT molecular complexity index is 3090. The second-order valence-corrected chi connectivity index (χ2v) is 17.7. The molecule has 9 aromatic carbocycles. The lowest BCUT2D eigenvalue weighted by molar-refractivity contribution is 0.487. The van der Waals surface area contributed by atoms with Crippen molar-refractivity contribution < 1.29 is 4.74 Å². The van der Waals surface area contributed by atoms with Crippen LogP contribution in [0.3, 0.4) is 0 Å². The van der Waals surface area contributed by atoms with E-state index < -0.39 is 0 Å². The lowest BCUT2D eigenvalue weighted by Crippen LogP contribution is -2.18. The van der Waals surface area contributed by atoms with Crippen molar-refractivity contribution in [3.63, 3.8) is 0 Å². The van der Waals surface area contributed by atoms with E-state index in [9.17, 15) is 0 Å². The van der Waals surface area contributed by atoms with Crippen molar-refractivity contribution in [3.8, 4) is 44.9 Å². The van der Waals surface area contributed by atoms with E-state index >= 15 is 0 Å². The average Bonchev–Trinajstić information content (AvgIpc) is 3.67.